The predicted molar refractivity (Wildman–Crippen MR) is 80.4 cm³/mol. The number of nitrogens with one attached hydrogen (secondary N) is 1. The number of hydrogen-bond donors (Lipinski definition) is 1. The molecule has 0 aromatic carbocycles. The number of nitrogens with zero attached hydrogens (tertiary/aromatic N) is 4. The lowest BCUT2D eigenvalue weighted by molar-refractivity contribution is 0.158. The molecule has 6 nitrogen and oxygen atoms in total. The number of aryl methyl sites for hydroxylation is 1. The molecule has 0 unspecified atom stereocenters. The van der Waals surface area contributed by atoms with Crippen molar-refractivity contribution in [1.29, 1.82) is 0 Å². The summed E-state index contributed by atoms with van der Waals surface area (Å²) in [5, 5.41) is 3.36. The Morgan fingerprint density at radius 3 is 2.70 bits per heavy atom. The summed E-state index contributed by atoms with van der Waals surface area (Å²) >= 11 is 0. The Balaban J connectivity index is 1.78. The fraction of sp³-hybridized carbons (Fsp3) is 0.714. The summed E-state index contributed by atoms with van der Waals surface area (Å²) in [6.07, 6.45) is 0. The Morgan fingerprint density at radius 1 is 1.25 bits per heavy atom. The zero-order chi connectivity index (χ0) is 14.4. The monoisotopic (exact) mass is 279 g/mol. The molecule has 0 aliphatic carbocycles. The summed E-state index contributed by atoms with van der Waals surface area (Å²) in [6, 6.07) is 1.86. The van der Waals surface area contributed by atoms with Gasteiger partial charge in [-0.25, -0.2) is 4.98 Å². The molecule has 112 valence electrons. The van der Waals surface area contributed by atoms with Gasteiger partial charge in [-0.2, -0.15) is 4.98 Å². The summed E-state index contributed by atoms with van der Waals surface area (Å²) < 4.78 is 5.43. The molecule has 1 aliphatic heterocycles. The van der Waals surface area contributed by atoms with Crippen molar-refractivity contribution in [2.75, 3.05) is 58.2 Å². The van der Waals surface area contributed by atoms with Crippen LogP contribution in [0, 0.1) is 6.92 Å². The maximum absolute atomic E-state index is 5.43. The summed E-state index contributed by atoms with van der Waals surface area (Å²) in [5.41, 5.74) is 0. The first-order valence-electron chi connectivity index (χ1n) is 7.30. The van der Waals surface area contributed by atoms with E-state index in [0.29, 0.717) is 12.5 Å². The Bertz CT molecular complexity index is 418. The highest BCUT2D eigenvalue weighted by Crippen LogP contribution is 2.13. The summed E-state index contributed by atoms with van der Waals surface area (Å²) in [4.78, 5) is 13.5. The fourth-order valence-electron chi connectivity index (χ4n) is 2.27. The van der Waals surface area contributed by atoms with Gasteiger partial charge in [0, 0.05) is 45.3 Å². The molecule has 1 aromatic rings. The van der Waals surface area contributed by atoms with Crippen LogP contribution in [0.2, 0.25) is 0 Å². The third-order valence-corrected chi connectivity index (χ3v) is 3.44. The highest BCUT2D eigenvalue weighted by molar-refractivity contribution is 5.38. The number of ether oxygens (including phenoxy) is 1. The van der Waals surface area contributed by atoms with Gasteiger partial charge in [0.05, 0.1) is 6.61 Å². The molecule has 0 bridgehead atoms. The first kappa shape index (κ1) is 15.0. The van der Waals surface area contributed by atoms with Crippen molar-refractivity contribution in [1.82, 2.24) is 19.8 Å². The van der Waals surface area contributed by atoms with Crippen molar-refractivity contribution in [3.8, 4) is 5.88 Å². The van der Waals surface area contributed by atoms with E-state index in [1.165, 1.54) is 0 Å². The summed E-state index contributed by atoms with van der Waals surface area (Å²) in [5.74, 6) is 2.22. The van der Waals surface area contributed by atoms with Gasteiger partial charge in [0.1, 0.15) is 11.6 Å². The van der Waals surface area contributed by atoms with Crippen molar-refractivity contribution in [3.05, 3.63) is 11.9 Å². The fourth-order valence-corrected chi connectivity index (χ4v) is 2.27. The lowest BCUT2D eigenvalue weighted by atomic mass is 10.3. The molecule has 6 heteroatoms. The van der Waals surface area contributed by atoms with E-state index in [4.69, 9.17) is 4.74 Å². The largest absolute Gasteiger partial charge is 0.478 e. The molecular weight excluding hydrogens is 254 g/mol. The average Bonchev–Trinajstić information content (AvgIpc) is 2.41. The molecule has 1 aliphatic rings. The van der Waals surface area contributed by atoms with Gasteiger partial charge in [-0.1, -0.05) is 0 Å². The quantitative estimate of drug-likeness (QED) is 0.833. The first-order valence-corrected chi connectivity index (χ1v) is 7.30. The Morgan fingerprint density at radius 2 is 2.00 bits per heavy atom. The second-order valence-electron chi connectivity index (χ2n) is 5.14. The number of aromatic nitrogens is 2. The third-order valence-electron chi connectivity index (χ3n) is 3.44. The minimum absolute atomic E-state index is 0.622. The van der Waals surface area contributed by atoms with Gasteiger partial charge in [0.25, 0.3) is 0 Å². The van der Waals surface area contributed by atoms with Crippen LogP contribution < -0.4 is 10.1 Å². The Labute approximate surface area is 121 Å². The molecule has 2 rings (SSSR count). The second kappa shape index (κ2) is 7.40. The zero-order valence-corrected chi connectivity index (χ0v) is 12.7. The number of rotatable bonds is 6. The van der Waals surface area contributed by atoms with Gasteiger partial charge in [-0.15, -0.1) is 0 Å². The van der Waals surface area contributed by atoms with Crippen LogP contribution in [-0.4, -0.2) is 72.7 Å². The van der Waals surface area contributed by atoms with Crippen molar-refractivity contribution in [3.63, 3.8) is 0 Å². The van der Waals surface area contributed by atoms with Gasteiger partial charge >= 0.3 is 0 Å². The van der Waals surface area contributed by atoms with Crippen LogP contribution >= 0.6 is 0 Å². The maximum atomic E-state index is 5.43. The van der Waals surface area contributed by atoms with Crippen LogP contribution in [-0.2, 0) is 0 Å². The molecule has 20 heavy (non-hydrogen) atoms. The normalized spacial score (nSPS) is 17.1. The van der Waals surface area contributed by atoms with Crippen molar-refractivity contribution in [2.45, 2.75) is 13.8 Å². The Kier molecular flexibility index (Phi) is 5.55. The molecule has 0 radical (unpaired) electrons. The first-order chi connectivity index (χ1) is 9.67. The highest BCUT2D eigenvalue weighted by atomic mass is 16.5. The van der Waals surface area contributed by atoms with Crippen LogP contribution in [0.1, 0.15) is 12.7 Å². The number of anilines is 1. The molecular formula is C14H25N5O. The van der Waals surface area contributed by atoms with E-state index in [0.717, 1.165) is 50.9 Å². The zero-order valence-electron chi connectivity index (χ0n) is 12.7. The van der Waals surface area contributed by atoms with Gasteiger partial charge in [0.2, 0.25) is 5.88 Å². The molecule has 0 saturated carbocycles. The standard InChI is InChI=1S/C14H25N5O/c1-4-20-14-11-13(16-12(2)17-14)15-5-6-19-9-7-18(3)8-10-19/h11H,4-10H2,1-3H3,(H,15,16,17). The van der Waals surface area contributed by atoms with Crippen LogP contribution in [0.3, 0.4) is 0 Å². The van der Waals surface area contributed by atoms with Crippen LogP contribution in [0.4, 0.5) is 5.82 Å². The smallest absolute Gasteiger partial charge is 0.218 e. The topological polar surface area (TPSA) is 53.5 Å². The Hall–Kier alpha value is -1.40. The van der Waals surface area contributed by atoms with Crippen molar-refractivity contribution in [2.24, 2.45) is 0 Å². The van der Waals surface area contributed by atoms with Gasteiger partial charge in [-0.05, 0) is 20.9 Å². The van der Waals surface area contributed by atoms with Gasteiger partial charge in [0.15, 0.2) is 0 Å². The van der Waals surface area contributed by atoms with E-state index in [-0.39, 0.29) is 0 Å². The van der Waals surface area contributed by atoms with Crippen LogP contribution in [0.25, 0.3) is 0 Å². The molecule has 0 atom stereocenters. The molecule has 1 fully saturated rings. The highest BCUT2D eigenvalue weighted by Gasteiger charge is 2.12. The van der Waals surface area contributed by atoms with E-state index >= 15 is 0 Å². The average molecular weight is 279 g/mol. The molecule has 0 spiro atoms. The van der Waals surface area contributed by atoms with Crippen LogP contribution in [0.5, 0.6) is 5.88 Å². The number of hydrogen-bond acceptors (Lipinski definition) is 6. The number of piperazine rings is 1. The second-order valence-corrected chi connectivity index (χ2v) is 5.14. The summed E-state index contributed by atoms with van der Waals surface area (Å²) in [7, 11) is 2.18. The summed E-state index contributed by atoms with van der Waals surface area (Å²) in [6.45, 7) is 11.0. The van der Waals surface area contributed by atoms with Gasteiger partial charge in [-0.3, -0.25) is 4.90 Å². The number of likely N-dealkylation sites (N-methyl/N-ethyl adjacent to an activating group) is 1. The SMILES string of the molecule is CCOc1cc(NCCN2CCN(C)CC2)nc(C)n1. The van der Waals surface area contributed by atoms with E-state index in [1.807, 2.05) is 19.9 Å². The molecule has 0 amide bonds. The maximum Gasteiger partial charge on any atom is 0.218 e. The van der Waals surface area contributed by atoms with E-state index < -0.39 is 0 Å². The third kappa shape index (κ3) is 4.61. The molecule has 1 saturated heterocycles. The molecule has 2 heterocycles. The lowest BCUT2D eigenvalue weighted by Gasteiger charge is -2.32. The predicted octanol–water partition coefficient (Wildman–Crippen LogP) is 0.843. The van der Waals surface area contributed by atoms with Crippen molar-refractivity contribution >= 4 is 5.82 Å². The molecule has 1 aromatic heterocycles. The molecule has 1 N–H and O–H groups in total. The minimum atomic E-state index is 0.622. The van der Waals surface area contributed by atoms with E-state index in [2.05, 4.69) is 32.1 Å². The van der Waals surface area contributed by atoms with E-state index in [9.17, 15) is 0 Å². The van der Waals surface area contributed by atoms with Crippen LogP contribution in [0.15, 0.2) is 6.07 Å². The minimum Gasteiger partial charge on any atom is -0.478 e. The lowest BCUT2D eigenvalue weighted by Crippen LogP contribution is -2.45. The van der Waals surface area contributed by atoms with E-state index in [1.54, 1.807) is 0 Å². The van der Waals surface area contributed by atoms with Gasteiger partial charge < -0.3 is 15.0 Å². The van der Waals surface area contributed by atoms with Crippen molar-refractivity contribution < 1.29 is 4.74 Å².